The Hall–Kier alpha value is -0.0800. The molecule has 12 heavy (non-hydrogen) atoms. The quantitative estimate of drug-likeness (QED) is 0.680. The van der Waals surface area contributed by atoms with Gasteiger partial charge in [-0.25, -0.2) is 0 Å². The van der Waals surface area contributed by atoms with Crippen LogP contribution >= 0.6 is 0 Å². The van der Waals surface area contributed by atoms with Gasteiger partial charge in [-0.15, -0.1) is 0 Å². The van der Waals surface area contributed by atoms with Gasteiger partial charge in [0.25, 0.3) is 0 Å². The molecule has 0 aromatic rings. The minimum atomic E-state index is 0.559. The van der Waals surface area contributed by atoms with Gasteiger partial charge >= 0.3 is 0 Å². The van der Waals surface area contributed by atoms with Crippen molar-refractivity contribution in [3.8, 4) is 0 Å². The van der Waals surface area contributed by atoms with Gasteiger partial charge in [0.2, 0.25) is 0 Å². The molecule has 2 nitrogen and oxygen atoms in total. The first-order valence-corrected chi connectivity index (χ1v) is 5.06. The fraction of sp³-hybridized carbons (Fsp3) is 1.00. The zero-order valence-corrected chi connectivity index (χ0v) is 8.47. The van der Waals surface area contributed by atoms with Gasteiger partial charge in [0, 0.05) is 13.1 Å². The Kier molecular flexibility index (Phi) is 3.53. The first-order chi connectivity index (χ1) is 5.64. The number of rotatable bonds is 2. The Morgan fingerprint density at radius 1 is 1.25 bits per heavy atom. The van der Waals surface area contributed by atoms with E-state index in [1.54, 1.807) is 0 Å². The lowest BCUT2D eigenvalue weighted by Crippen LogP contribution is -2.30. The summed E-state index contributed by atoms with van der Waals surface area (Å²) in [5, 5.41) is 0. The van der Waals surface area contributed by atoms with E-state index in [0.717, 1.165) is 13.1 Å². The molecule has 2 heteroatoms. The topological polar surface area (TPSA) is 29.3 Å². The fourth-order valence-electron chi connectivity index (χ4n) is 1.88. The molecule has 0 aliphatic carbocycles. The number of nitrogens with two attached hydrogens (primary N) is 1. The highest BCUT2D eigenvalue weighted by atomic mass is 15.1. The largest absolute Gasteiger partial charge is 0.329 e. The summed E-state index contributed by atoms with van der Waals surface area (Å²) >= 11 is 0. The van der Waals surface area contributed by atoms with Crippen LogP contribution in [0.1, 0.15) is 33.1 Å². The van der Waals surface area contributed by atoms with Crippen LogP contribution in [0.5, 0.6) is 0 Å². The van der Waals surface area contributed by atoms with E-state index in [2.05, 4.69) is 18.7 Å². The standard InChI is InChI=1S/C10H22N2/c1-10(2)4-3-7-12(8-5-10)9-6-11/h3-9,11H2,1-2H3. The van der Waals surface area contributed by atoms with E-state index in [1.165, 1.54) is 32.4 Å². The van der Waals surface area contributed by atoms with Crippen LogP contribution in [0.15, 0.2) is 0 Å². The minimum absolute atomic E-state index is 0.559. The fourth-order valence-corrected chi connectivity index (χ4v) is 1.88. The van der Waals surface area contributed by atoms with Crippen LogP contribution in [-0.4, -0.2) is 31.1 Å². The minimum Gasteiger partial charge on any atom is -0.329 e. The molecule has 1 fully saturated rings. The van der Waals surface area contributed by atoms with Crippen molar-refractivity contribution in [2.75, 3.05) is 26.2 Å². The molecule has 0 bridgehead atoms. The molecule has 1 aliphatic rings. The molecule has 0 saturated carbocycles. The lowest BCUT2D eigenvalue weighted by molar-refractivity contribution is 0.268. The summed E-state index contributed by atoms with van der Waals surface area (Å²) in [7, 11) is 0. The van der Waals surface area contributed by atoms with Gasteiger partial charge in [-0.05, 0) is 37.8 Å². The molecule has 1 rings (SSSR count). The van der Waals surface area contributed by atoms with E-state index < -0.39 is 0 Å². The number of nitrogens with zero attached hydrogens (tertiary/aromatic N) is 1. The molecule has 0 unspecified atom stereocenters. The zero-order valence-electron chi connectivity index (χ0n) is 8.47. The lowest BCUT2D eigenvalue weighted by atomic mass is 9.85. The molecule has 0 radical (unpaired) electrons. The predicted molar refractivity (Wildman–Crippen MR) is 53.1 cm³/mol. The average Bonchev–Trinajstić information content (AvgIpc) is 2.14. The van der Waals surface area contributed by atoms with Crippen molar-refractivity contribution >= 4 is 0 Å². The van der Waals surface area contributed by atoms with Gasteiger partial charge in [-0.2, -0.15) is 0 Å². The Labute approximate surface area is 76.1 Å². The first-order valence-electron chi connectivity index (χ1n) is 5.06. The van der Waals surface area contributed by atoms with E-state index in [9.17, 15) is 0 Å². The number of hydrogen-bond donors (Lipinski definition) is 1. The summed E-state index contributed by atoms with van der Waals surface area (Å²) < 4.78 is 0. The molecule has 0 aromatic heterocycles. The van der Waals surface area contributed by atoms with Crippen molar-refractivity contribution in [2.24, 2.45) is 11.1 Å². The molecular weight excluding hydrogens is 148 g/mol. The van der Waals surface area contributed by atoms with Crippen molar-refractivity contribution in [2.45, 2.75) is 33.1 Å². The van der Waals surface area contributed by atoms with E-state index in [-0.39, 0.29) is 0 Å². The zero-order chi connectivity index (χ0) is 9.03. The summed E-state index contributed by atoms with van der Waals surface area (Å²) in [6.45, 7) is 9.12. The van der Waals surface area contributed by atoms with Gasteiger partial charge in [0.1, 0.15) is 0 Å². The third-order valence-corrected chi connectivity index (χ3v) is 2.88. The molecule has 0 aromatic carbocycles. The second kappa shape index (κ2) is 4.24. The Morgan fingerprint density at radius 2 is 2.00 bits per heavy atom. The summed E-state index contributed by atoms with van der Waals surface area (Å²) in [5.41, 5.74) is 6.10. The van der Waals surface area contributed by atoms with Gasteiger partial charge in [0.05, 0.1) is 0 Å². The Morgan fingerprint density at radius 3 is 2.67 bits per heavy atom. The van der Waals surface area contributed by atoms with Crippen LogP contribution in [0.25, 0.3) is 0 Å². The molecule has 1 heterocycles. The maximum Gasteiger partial charge on any atom is 0.0105 e. The molecule has 0 amide bonds. The molecule has 0 atom stereocenters. The van der Waals surface area contributed by atoms with Crippen LogP contribution in [0.4, 0.5) is 0 Å². The van der Waals surface area contributed by atoms with E-state index >= 15 is 0 Å². The monoisotopic (exact) mass is 170 g/mol. The number of hydrogen-bond acceptors (Lipinski definition) is 2. The van der Waals surface area contributed by atoms with Gasteiger partial charge in [-0.3, -0.25) is 0 Å². The highest BCUT2D eigenvalue weighted by Gasteiger charge is 2.22. The van der Waals surface area contributed by atoms with Gasteiger partial charge in [-0.1, -0.05) is 13.8 Å². The van der Waals surface area contributed by atoms with Crippen molar-refractivity contribution in [3.63, 3.8) is 0 Å². The van der Waals surface area contributed by atoms with Crippen molar-refractivity contribution < 1.29 is 0 Å². The average molecular weight is 170 g/mol. The second-order valence-corrected chi connectivity index (χ2v) is 4.65. The summed E-state index contributed by atoms with van der Waals surface area (Å²) in [4.78, 5) is 2.49. The van der Waals surface area contributed by atoms with Crippen molar-refractivity contribution in [3.05, 3.63) is 0 Å². The first kappa shape index (κ1) is 10.0. The van der Waals surface area contributed by atoms with Gasteiger partial charge in [0.15, 0.2) is 0 Å². The van der Waals surface area contributed by atoms with Crippen LogP contribution in [-0.2, 0) is 0 Å². The van der Waals surface area contributed by atoms with Crippen LogP contribution in [0.2, 0.25) is 0 Å². The smallest absolute Gasteiger partial charge is 0.0105 e. The maximum absolute atomic E-state index is 5.54. The van der Waals surface area contributed by atoms with Crippen LogP contribution in [0, 0.1) is 5.41 Å². The molecule has 2 N–H and O–H groups in total. The van der Waals surface area contributed by atoms with Gasteiger partial charge < -0.3 is 10.6 Å². The van der Waals surface area contributed by atoms with Crippen molar-refractivity contribution in [1.82, 2.24) is 4.90 Å². The molecule has 1 saturated heterocycles. The molecular formula is C10H22N2. The maximum atomic E-state index is 5.54. The summed E-state index contributed by atoms with van der Waals surface area (Å²) in [6.07, 6.45) is 4.04. The molecule has 72 valence electrons. The Balaban J connectivity index is 2.34. The second-order valence-electron chi connectivity index (χ2n) is 4.65. The summed E-state index contributed by atoms with van der Waals surface area (Å²) in [6, 6.07) is 0. The SMILES string of the molecule is CC1(C)CCCN(CCN)CC1. The third-order valence-electron chi connectivity index (χ3n) is 2.88. The normalized spacial score (nSPS) is 25.2. The Bertz CT molecular complexity index is 132. The van der Waals surface area contributed by atoms with E-state index in [4.69, 9.17) is 5.73 Å². The van der Waals surface area contributed by atoms with E-state index in [0.29, 0.717) is 5.41 Å². The highest BCUT2D eigenvalue weighted by molar-refractivity contribution is 4.75. The third kappa shape index (κ3) is 3.11. The van der Waals surface area contributed by atoms with E-state index in [1.807, 2.05) is 0 Å². The molecule has 1 aliphatic heterocycles. The number of likely N-dealkylation sites (tertiary alicyclic amines) is 1. The molecule has 0 spiro atoms. The van der Waals surface area contributed by atoms with Crippen molar-refractivity contribution in [1.29, 1.82) is 0 Å². The van der Waals surface area contributed by atoms with Crippen LogP contribution < -0.4 is 5.73 Å². The summed E-state index contributed by atoms with van der Waals surface area (Å²) in [5.74, 6) is 0. The van der Waals surface area contributed by atoms with Crippen LogP contribution in [0.3, 0.4) is 0 Å². The predicted octanol–water partition coefficient (Wildman–Crippen LogP) is 1.46. The highest BCUT2D eigenvalue weighted by Crippen LogP contribution is 2.29. The lowest BCUT2D eigenvalue weighted by Gasteiger charge is -2.22.